The fraction of sp³-hybridized carbons (Fsp3) is 0.625. The van der Waals surface area contributed by atoms with Crippen LogP contribution in [0.2, 0.25) is 0 Å². The van der Waals surface area contributed by atoms with E-state index in [9.17, 15) is 0 Å². The Kier molecular flexibility index (Phi) is 4.21. The van der Waals surface area contributed by atoms with Crippen LogP contribution in [0.3, 0.4) is 0 Å². The van der Waals surface area contributed by atoms with Crippen molar-refractivity contribution >= 4 is 33.7 Å². The quantitative estimate of drug-likeness (QED) is 0.774. The average molecular weight is 230 g/mol. The fourth-order valence-corrected chi connectivity index (χ4v) is 1.92. The number of anilines is 1. The zero-order chi connectivity index (χ0) is 10.6. The molecule has 1 heterocycles. The van der Waals surface area contributed by atoms with E-state index in [1.165, 1.54) is 0 Å². The summed E-state index contributed by atoms with van der Waals surface area (Å²) in [5.74, 6) is 0. The van der Waals surface area contributed by atoms with Gasteiger partial charge in [0.05, 0.1) is 4.99 Å². The Morgan fingerprint density at radius 2 is 2.29 bits per heavy atom. The SMILES string of the molecule is CCN(CCC(N)=S)c1nnc(C)s1. The molecule has 0 aliphatic heterocycles. The molecule has 0 spiro atoms. The molecule has 0 saturated carbocycles. The predicted octanol–water partition coefficient (Wildman–Crippen LogP) is 1.35. The van der Waals surface area contributed by atoms with Crippen molar-refractivity contribution in [2.45, 2.75) is 20.3 Å². The summed E-state index contributed by atoms with van der Waals surface area (Å²) in [5, 5.41) is 9.98. The molecule has 0 unspecified atom stereocenters. The number of nitrogens with zero attached hydrogens (tertiary/aromatic N) is 3. The monoisotopic (exact) mass is 230 g/mol. The van der Waals surface area contributed by atoms with Crippen molar-refractivity contribution in [3.8, 4) is 0 Å². The summed E-state index contributed by atoms with van der Waals surface area (Å²) in [6, 6.07) is 0. The van der Waals surface area contributed by atoms with Crippen LogP contribution >= 0.6 is 23.6 Å². The van der Waals surface area contributed by atoms with E-state index in [2.05, 4.69) is 22.0 Å². The van der Waals surface area contributed by atoms with Gasteiger partial charge in [0.15, 0.2) is 0 Å². The normalized spacial score (nSPS) is 10.1. The first-order valence-corrected chi connectivity index (χ1v) is 5.69. The minimum Gasteiger partial charge on any atom is -0.393 e. The lowest BCUT2D eigenvalue weighted by Gasteiger charge is -2.18. The summed E-state index contributed by atoms with van der Waals surface area (Å²) in [7, 11) is 0. The van der Waals surface area contributed by atoms with Crippen LogP contribution in [0.4, 0.5) is 5.13 Å². The molecule has 0 fully saturated rings. The maximum Gasteiger partial charge on any atom is 0.208 e. The van der Waals surface area contributed by atoms with Gasteiger partial charge in [-0.25, -0.2) is 0 Å². The Hall–Kier alpha value is -0.750. The third kappa shape index (κ3) is 3.19. The number of thiocarbonyl (C=S) groups is 1. The molecule has 0 aliphatic carbocycles. The molecule has 4 nitrogen and oxygen atoms in total. The standard InChI is InChI=1S/C8H14N4S2/c1-3-12(5-4-7(9)13)8-11-10-6(2)14-8/h3-5H2,1-2H3,(H2,9,13). The van der Waals surface area contributed by atoms with Gasteiger partial charge < -0.3 is 10.6 Å². The molecule has 1 rings (SSSR count). The van der Waals surface area contributed by atoms with Gasteiger partial charge >= 0.3 is 0 Å². The van der Waals surface area contributed by atoms with Crippen molar-refractivity contribution in [2.24, 2.45) is 5.73 Å². The van der Waals surface area contributed by atoms with Crippen LogP contribution in [0, 0.1) is 6.92 Å². The first-order valence-electron chi connectivity index (χ1n) is 4.46. The van der Waals surface area contributed by atoms with Gasteiger partial charge in [0.2, 0.25) is 5.13 Å². The van der Waals surface area contributed by atoms with E-state index in [-0.39, 0.29) is 0 Å². The van der Waals surface area contributed by atoms with Crippen molar-refractivity contribution in [1.29, 1.82) is 0 Å². The zero-order valence-electron chi connectivity index (χ0n) is 8.36. The van der Waals surface area contributed by atoms with Crippen LogP contribution in [0.1, 0.15) is 18.4 Å². The molecular formula is C8H14N4S2. The van der Waals surface area contributed by atoms with E-state index in [1.807, 2.05) is 6.92 Å². The maximum absolute atomic E-state index is 5.45. The van der Waals surface area contributed by atoms with E-state index in [4.69, 9.17) is 18.0 Å². The topological polar surface area (TPSA) is 55.0 Å². The van der Waals surface area contributed by atoms with Gasteiger partial charge in [-0.1, -0.05) is 23.6 Å². The second-order valence-electron chi connectivity index (χ2n) is 2.90. The Bertz CT molecular complexity index is 310. The third-order valence-corrected chi connectivity index (χ3v) is 2.90. The highest BCUT2D eigenvalue weighted by atomic mass is 32.1. The molecular weight excluding hydrogens is 216 g/mol. The van der Waals surface area contributed by atoms with Crippen molar-refractivity contribution in [3.63, 3.8) is 0 Å². The summed E-state index contributed by atoms with van der Waals surface area (Å²) < 4.78 is 0. The van der Waals surface area contributed by atoms with Crippen LogP contribution in [-0.4, -0.2) is 28.3 Å². The number of nitrogens with two attached hydrogens (primary N) is 1. The van der Waals surface area contributed by atoms with Gasteiger partial charge in [-0.15, -0.1) is 10.2 Å². The molecule has 0 aliphatic rings. The van der Waals surface area contributed by atoms with E-state index in [0.29, 0.717) is 4.99 Å². The molecule has 6 heteroatoms. The Morgan fingerprint density at radius 3 is 2.71 bits per heavy atom. The second kappa shape index (κ2) is 5.21. The minimum atomic E-state index is 0.546. The molecule has 0 bridgehead atoms. The van der Waals surface area contributed by atoms with E-state index >= 15 is 0 Å². The second-order valence-corrected chi connectivity index (χ2v) is 4.58. The van der Waals surface area contributed by atoms with Gasteiger partial charge in [0.1, 0.15) is 5.01 Å². The van der Waals surface area contributed by atoms with Gasteiger partial charge in [0, 0.05) is 19.5 Å². The Labute approximate surface area is 93.1 Å². The fourth-order valence-electron chi connectivity index (χ4n) is 1.05. The lowest BCUT2D eigenvalue weighted by atomic mass is 10.4. The molecule has 78 valence electrons. The molecule has 0 aromatic carbocycles. The van der Waals surface area contributed by atoms with Gasteiger partial charge in [-0.3, -0.25) is 0 Å². The smallest absolute Gasteiger partial charge is 0.208 e. The molecule has 0 radical (unpaired) electrons. The van der Waals surface area contributed by atoms with Crippen LogP contribution in [-0.2, 0) is 0 Å². The highest BCUT2D eigenvalue weighted by Gasteiger charge is 2.09. The maximum atomic E-state index is 5.45. The summed E-state index contributed by atoms with van der Waals surface area (Å²) in [6.45, 7) is 5.75. The summed E-state index contributed by atoms with van der Waals surface area (Å²) in [6.07, 6.45) is 0.724. The Balaban J connectivity index is 2.58. The largest absolute Gasteiger partial charge is 0.393 e. The van der Waals surface area contributed by atoms with Crippen molar-refractivity contribution < 1.29 is 0 Å². The lowest BCUT2D eigenvalue weighted by Crippen LogP contribution is -2.27. The van der Waals surface area contributed by atoms with Gasteiger partial charge in [-0.05, 0) is 13.8 Å². The van der Waals surface area contributed by atoms with Crippen molar-refractivity contribution in [1.82, 2.24) is 10.2 Å². The molecule has 0 amide bonds. The molecule has 14 heavy (non-hydrogen) atoms. The molecule has 0 atom stereocenters. The third-order valence-electron chi connectivity index (χ3n) is 1.80. The van der Waals surface area contributed by atoms with Crippen LogP contribution < -0.4 is 10.6 Å². The van der Waals surface area contributed by atoms with Crippen LogP contribution in [0.15, 0.2) is 0 Å². The molecule has 0 saturated heterocycles. The van der Waals surface area contributed by atoms with Crippen LogP contribution in [0.5, 0.6) is 0 Å². The van der Waals surface area contributed by atoms with Crippen molar-refractivity contribution in [3.05, 3.63) is 5.01 Å². The predicted molar refractivity (Wildman–Crippen MR) is 63.9 cm³/mol. The van der Waals surface area contributed by atoms with Crippen LogP contribution in [0.25, 0.3) is 0 Å². The summed E-state index contributed by atoms with van der Waals surface area (Å²) in [4.78, 5) is 2.67. The number of rotatable bonds is 5. The summed E-state index contributed by atoms with van der Waals surface area (Å²) >= 11 is 6.43. The lowest BCUT2D eigenvalue weighted by molar-refractivity contribution is 0.819. The molecule has 1 aromatic rings. The first-order chi connectivity index (χ1) is 6.63. The number of hydrogen-bond donors (Lipinski definition) is 1. The van der Waals surface area contributed by atoms with E-state index in [0.717, 1.165) is 29.6 Å². The van der Waals surface area contributed by atoms with Crippen molar-refractivity contribution in [2.75, 3.05) is 18.0 Å². The molecule has 2 N–H and O–H groups in total. The Morgan fingerprint density at radius 1 is 1.57 bits per heavy atom. The average Bonchev–Trinajstić information content (AvgIpc) is 2.53. The van der Waals surface area contributed by atoms with Gasteiger partial charge in [0.25, 0.3) is 0 Å². The number of hydrogen-bond acceptors (Lipinski definition) is 5. The van der Waals surface area contributed by atoms with E-state index < -0.39 is 0 Å². The zero-order valence-corrected chi connectivity index (χ0v) is 9.99. The highest BCUT2D eigenvalue weighted by Crippen LogP contribution is 2.19. The first kappa shape index (κ1) is 11.3. The highest BCUT2D eigenvalue weighted by molar-refractivity contribution is 7.80. The number of aryl methyl sites for hydroxylation is 1. The number of aromatic nitrogens is 2. The molecule has 1 aromatic heterocycles. The summed E-state index contributed by atoms with van der Waals surface area (Å²) in [5.41, 5.74) is 5.45. The van der Waals surface area contributed by atoms with Gasteiger partial charge in [-0.2, -0.15) is 0 Å². The minimum absolute atomic E-state index is 0.546. The van der Waals surface area contributed by atoms with E-state index in [1.54, 1.807) is 11.3 Å².